The van der Waals surface area contributed by atoms with Crippen LogP contribution in [0.1, 0.15) is 45.4 Å². The van der Waals surface area contributed by atoms with Crippen molar-refractivity contribution in [2.45, 2.75) is 51.6 Å². The fourth-order valence-electron chi connectivity index (χ4n) is 6.20. The van der Waals surface area contributed by atoms with E-state index >= 15 is 0 Å². The Labute approximate surface area is 132 Å². The second kappa shape index (κ2) is 4.63. The quantitative estimate of drug-likeness (QED) is 0.560. The molecule has 0 aromatic heterocycles. The van der Waals surface area contributed by atoms with E-state index in [0.717, 1.165) is 38.5 Å². The highest BCUT2D eigenvalue weighted by atomic mass is 16.3. The minimum absolute atomic E-state index is 0.0500. The van der Waals surface area contributed by atoms with Gasteiger partial charge >= 0.3 is 0 Å². The topological polar surface area (TPSA) is 40.5 Å². The van der Waals surface area contributed by atoms with Gasteiger partial charge in [-0.05, 0) is 72.8 Å². The number of hydrogen-bond donors (Lipinski definition) is 2. The molecule has 2 nitrogen and oxygen atoms in total. The molecule has 22 heavy (non-hydrogen) atoms. The van der Waals surface area contributed by atoms with Gasteiger partial charge in [0, 0.05) is 12.0 Å². The molecule has 0 aliphatic heterocycles. The van der Waals surface area contributed by atoms with Crippen molar-refractivity contribution in [3.05, 3.63) is 41.9 Å². The molecule has 3 fully saturated rings. The molecule has 0 heterocycles. The van der Waals surface area contributed by atoms with E-state index in [1.807, 2.05) is 6.08 Å². The first-order chi connectivity index (χ1) is 10.5. The normalized spacial score (nSPS) is 49.5. The summed E-state index contributed by atoms with van der Waals surface area (Å²) < 4.78 is 0. The number of aliphatic hydroxyl groups is 2. The zero-order chi connectivity index (χ0) is 15.5. The fourth-order valence-corrected chi connectivity index (χ4v) is 6.20. The third-order valence-corrected chi connectivity index (χ3v) is 7.36. The van der Waals surface area contributed by atoms with Gasteiger partial charge in [0.15, 0.2) is 0 Å². The van der Waals surface area contributed by atoms with Gasteiger partial charge in [-0.25, -0.2) is 0 Å². The number of hydrogen-bond acceptors (Lipinski definition) is 2. The number of rotatable bonds is 1. The van der Waals surface area contributed by atoms with E-state index < -0.39 is 0 Å². The molecule has 2 heteroatoms. The molecule has 4 rings (SSSR count). The van der Waals surface area contributed by atoms with Crippen LogP contribution in [0, 0.1) is 28.6 Å². The molecule has 6 atom stereocenters. The molecule has 4 aliphatic carbocycles. The highest BCUT2D eigenvalue weighted by Crippen LogP contribution is 2.67. The molecule has 0 radical (unpaired) electrons. The summed E-state index contributed by atoms with van der Waals surface area (Å²) in [7, 11) is 0. The fraction of sp³-hybridized carbons (Fsp3) is 0.650. The second-order valence-corrected chi connectivity index (χ2v) is 8.04. The van der Waals surface area contributed by atoms with Crippen LogP contribution in [0.25, 0.3) is 0 Å². The molecule has 1 unspecified atom stereocenters. The smallest absolute Gasteiger partial charge is 0.119 e. The van der Waals surface area contributed by atoms with Crippen molar-refractivity contribution in [1.29, 1.82) is 0 Å². The largest absolute Gasteiger partial charge is 0.508 e. The van der Waals surface area contributed by atoms with Crippen LogP contribution in [-0.2, 0) is 0 Å². The minimum Gasteiger partial charge on any atom is -0.508 e. The van der Waals surface area contributed by atoms with Crippen LogP contribution in [0.3, 0.4) is 0 Å². The second-order valence-electron chi connectivity index (χ2n) is 8.04. The van der Waals surface area contributed by atoms with Gasteiger partial charge in [-0.15, -0.1) is 12.3 Å². The van der Waals surface area contributed by atoms with E-state index in [-0.39, 0.29) is 16.9 Å². The molecule has 0 spiro atoms. The van der Waals surface area contributed by atoms with Crippen LogP contribution in [0.2, 0.25) is 0 Å². The van der Waals surface area contributed by atoms with E-state index in [1.54, 1.807) is 6.08 Å². The van der Waals surface area contributed by atoms with Crippen LogP contribution in [0.4, 0.5) is 0 Å². The molecule has 0 amide bonds. The van der Waals surface area contributed by atoms with Gasteiger partial charge < -0.3 is 10.2 Å². The minimum atomic E-state index is -0.159. The van der Waals surface area contributed by atoms with Crippen molar-refractivity contribution in [2.75, 3.05) is 0 Å². The van der Waals surface area contributed by atoms with E-state index in [1.165, 1.54) is 5.57 Å². The van der Waals surface area contributed by atoms with Gasteiger partial charge in [0.25, 0.3) is 0 Å². The number of allylic oxidation sites excluding steroid dienone is 3. The van der Waals surface area contributed by atoms with Crippen molar-refractivity contribution in [2.24, 2.45) is 28.6 Å². The first-order valence-electron chi connectivity index (χ1n) is 8.70. The van der Waals surface area contributed by atoms with Gasteiger partial charge in [0.2, 0.25) is 0 Å². The van der Waals surface area contributed by atoms with E-state index in [2.05, 4.69) is 25.3 Å². The lowest BCUT2D eigenvalue weighted by molar-refractivity contribution is -0.0702. The third-order valence-electron chi connectivity index (χ3n) is 7.36. The molecule has 3 saturated carbocycles. The SMILES string of the molecule is C=C[C@@]12CCC3C=C(O)C=C=C3[C@H]1CC[C@@]1(C)[C@H]2CC[C@@H]1O. The highest BCUT2D eigenvalue weighted by molar-refractivity contribution is 5.34. The zero-order valence-corrected chi connectivity index (χ0v) is 13.4. The first-order valence-corrected chi connectivity index (χ1v) is 8.70. The van der Waals surface area contributed by atoms with Crippen molar-refractivity contribution in [3.8, 4) is 0 Å². The molecule has 0 bridgehead atoms. The van der Waals surface area contributed by atoms with Gasteiger partial charge in [-0.2, -0.15) is 0 Å². The Morgan fingerprint density at radius 3 is 2.86 bits per heavy atom. The molecular formula is C20H26O2. The summed E-state index contributed by atoms with van der Waals surface area (Å²) in [5.74, 6) is 1.71. The summed E-state index contributed by atoms with van der Waals surface area (Å²) >= 11 is 0. The van der Waals surface area contributed by atoms with Gasteiger partial charge in [0.1, 0.15) is 5.76 Å². The third kappa shape index (κ3) is 1.66. The van der Waals surface area contributed by atoms with Gasteiger partial charge in [-0.1, -0.05) is 13.0 Å². The standard InChI is InChI=1S/C20H26O2/c1-3-20-11-8-13-12-14(21)4-5-15(13)16(20)9-10-19(2)17(20)6-7-18(19)22/h3-4,12-13,16-18,21-22H,1,6-11H2,2H3/t13?,16-,17-,18+,19+,20-/m1/s1. The van der Waals surface area contributed by atoms with Crippen molar-refractivity contribution < 1.29 is 10.2 Å². The summed E-state index contributed by atoms with van der Waals surface area (Å²) in [6, 6.07) is 0. The average molecular weight is 298 g/mol. The monoisotopic (exact) mass is 298 g/mol. The molecule has 118 valence electrons. The Morgan fingerprint density at radius 2 is 2.09 bits per heavy atom. The number of aliphatic hydroxyl groups excluding tert-OH is 2. The lowest BCUT2D eigenvalue weighted by Crippen LogP contribution is -2.52. The Balaban J connectivity index is 1.80. The van der Waals surface area contributed by atoms with Crippen molar-refractivity contribution in [3.63, 3.8) is 0 Å². The lowest BCUT2D eigenvalue weighted by atomic mass is 9.46. The predicted molar refractivity (Wildman–Crippen MR) is 87.2 cm³/mol. The van der Waals surface area contributed by atoms with E-state index in [4.69, 9.17) is 0 Å². The summed E-state index contributed by atoms with van der Waals surface area (Å²) in [5.41, 5.74) is 4.92. The maximum atomic E-state index is 10.5. The van der Waals surface area contributed by atoms with Crippen LogP contribution in [0.15, 0.2) is 41.9 Å². The predicted octanol–water partition coefficient (Wildman–Crippen LogP) is 4.29. The van der Waals surface area contributed by atoms with Crippen molar-refractivity contribution >= 4 is 0 Å². The highest BCUT2D eigenvalue weighted by Gasteiger charge is 2.61. The maximum absolute atomic E-state index is 10.5. The average Bonchev–Trinajstić information content (AvgIpc) is 2.82. The van der Waals surface area contributed by atoms with E-state index in [0.29, 0.717) is 23.5 Å². The van der Waals surface area contributed by atoms with Crippen molar-refractivity contribution in [1.82, 2.24) is 0 Å². The molecule has 4 aliphatic rings. The Kier molecular flexibility index (Phi) is 3.02. The lowest BCUT2D eigenvalue weighted by Gasteiger charge is -2.58. The number of fused-ring (bicyclic) bond motifs is 5. The first kappa shape index (κ1) is 14.4. The summed E-state index contributed by atoms with van der Waals surface area (Å²) in [5, 5.41) is 20.3. The van der Waals surface area contributed by atoms with Crippen LogP contribution >= 0.6 is 0 Å². The molecule has 0 aromatic rings. The molecular weight excluding hydrogens is 272 g/mol. The summed E-state index contributed by atoms with van der Waals surface area (Å²) in [6.07, 6.45) is 12.2. The molecule has 0 aromatic carbocycles. The summed E-state index contributed by atoms with van der Waals surface area (Å²) in [4.78, 5) is 0. The van der Waals surface area contributed by atoms with E-state index in [9.17, 15) is 10.2 Å². The van der Waals surface area contributed by atoms with Crippen LogP contribution in [-0.4, -0.2) is 16.3 Å². The Hall–Kier alpha value is -1.24. The molecule has 2 N–H and O–H groups in total. The van der Waals surface area contributed by atoms with Crippen LogP contribution < -0.4 is 0 Å². The van der Waals surface area contributed by atoms with Crippen LogP contribution in [0.5, 0.6) is 0 Å². The Morgan fingerprint density at radius 1 is 1.27 bits per heavy atom. The maximum Gasteiger partial charge on any atom is 0.119 e. The van der Waals surface area contributed by atoms with Gasteiger partial charge in [-0.3, -0.25) is 0 Å². The Bertz CT molecular complexity index is 609. The zero-order valence-electron chi connectivity index (χ0n) is 13.4. The summed E-state index contributed by atoms with van der Waals surface area (Å²) in [6.45, 7) is 6.52. The molecule has 0 saturated heterocycles. The van der Waals surface area contributed by atoms with Gasteiger partial charge in [0.05, 0.1) is 6.10 Å².